The summed E-state index contributed by atoms with van der Waals surface area (Å²) >= 11 is 0. The highest BCUT2D eigenvalue weighted by atomic mass is 16.6. The molecule has 0 aliphatic carbocycles. The molecule has 4 nitrogen and oxygen atoms in total. The van der Waals surface area contributed by atoms with E-state index in [1.54, 1.807) is 20.8 Å². The van der Waals surface area contributed by atoms with E-state index >= 15 is 0 Å². The second kappa shape index (κ2) is 3.83. The highest BCUT2D eigenvalue weighted by molar-refractivity contribution is 5.95. The maximum absolute atomic E-state index is 11.7. The Balaban J connectivity index is 2.72. The van der Waals surface area contributed by atoms with E-state index in [2.05, 4.69) is 0 Å². The summed E-state index contributed by atoms with van der Waals surface area (Å²) in [5, 5.41) is 0. The quantitative estimate of drug-likeness (QED) is 0.619. The number of carbonyl (C=O) groups excluding carboxylic acids is 2. The van der Waals surface area contributed by atoms with Crippen LogP contribution in [-0.2, 0) is 9.53 Å². The zero-order valence-corrected chi connectivity index (χ0v) is 10.0. The van der Waals surface area contributed by atoms with Gasteiger partial charge in [-0.15, -0.1) is 0 Å². The van der Waals surface area contributed by atoms with E-state index in [-0.39, 0.29) is 17.9 Å². The summed E-state index contributed by atoms with van der Waals surface area (Å²) in [5.74, 6) is -0.204. The van der Waals surface area contributed by atoms with Crippen molar-refractivity contribution < 1.29 is 14.3 Å². The molecule has 0 N–H and O–H groups in total. The van der Waals surface area contributed by atoms with Gasteiger partial charge in [-0.3, -0.25) is 4.79 Å². The summed E-state index contributed by atoms with van der Waals surface area (Å²) < 4.78 is 5.18. The van der Waals surface area contributed by atoms with Crippen molar-refractivity contribution in [3.63, 3.8) is 0 Å². The maximum atomic E-state index is 11.7. The summed E-state index contributed by atoms with van der Waals surface area (Å²) in [6.45, 7) is 9.08. The number of hydrogen-bond donors (Lipinski definition) is 0. The molecule has 0 saturated carbocycles. The van der Waals surface area contributed by atoms with Gasteiger partial charge in [0.2, 0.25) is 5.91 Å². The summed E-state index contributed by atoms with van der Waals surface area (Å²) in [7, 11) is 0. The first kappa shape index (κ1) is 12.0. The van der Waals surface area contributed by atoms with Crippen LogP contribution in [0, 0.1) is 5.92 Å². The van der Waals surface area contributed by atoms with Gasteiger partial charge >= 0.3 is 6.09 Å². The van der Waals surface area contributed by atoms with Crippen LogP contribution in [0.2, 0.25) is 0 Å². The topological polar surface area (TPSA) is 46.6 Å². The van der Waals surface area contributed by atoms with Crippen LogP contribution in [0.5, 0.6) is 0 Å². The fraction of sp³-hybridized carbons (Fsp3) is 0.818. The normalized spacial score (nSPS) is 27.0. The zero-order chi connectivity index (χ0) is 11.8. The Bertz CT molecular complexity index is 280. The number of likely N-dealkylation sites (tertiary alicyclic amines) is 1. The van der Waals surface area contributed by atoms with Crippen LogP contribution in [0.3, 0.4) is 0 Å². The SMILES string of the molecule is CC1CC(C)N(C(=O)OC(C)(C)C)C1=O. The molecule has 1 rings (SSSR count). The molecule has 0 spiro atoms. The Labute approximate surface area is 90.6 Å². The van der Waals surface area contributed by atoms with E-state index in [1.807, 2.05) is 13.8 Å². The molecule has 4 heteroatoms. The van der Waals surface area contributed by atoms with E-state index in [4.69, 9.17) is 4.74 Å². The highest BCUT2D eigenvalue weighted by Crippen LogP contribution is 2.25. The molecule has 0 aromatic rings. The lowest BCUT2D eigenvalue weighted by molar-refractivity contribution is -0.130. The molecule has 0 bridgehead atoms. The fourth-order valence-electron chi connectivity index (χ4n) is 1.75. The Kier molecular flexibility index (Phi) is 3.07. The van der Waals surface area contributed by atoms with Gasteiger partial charge in [0.05, 0.1) is 0 Å². The second-order valence-corrected chi connectivity index (χ2v) is 5.17. The molecule has 1 heterocycles. The van der Waals surface area contributed by atoms with E-state index < -0.39 is 11.7 Å². The third kappa shape index (κ3) is 2.70. The number of carbonyl (C=O) groups is 2. The van der Waals surface area contributed by atoms with Crippen LogP contribution < -0.4 is 0 Å². The van der Waals surface area contributed by atoms with Gasteiger partial charge in [0.25, 0.3) is 0 Å². The van der Waals surface area contributed by atoms with Gasteiger partial charge in [-0.05, 0) is 34.1 Å². The number of hydrogen-bond acceptors (Lipinski definition) is 3. The average molecular weight is 213 g/mol. The summed E-state index contributed by atoms with van der Waals surface area (Å²) in [5.41, 5.74) is -0.553. The number of nitrogens with zero attached hydrogens (tertiary/aromatic N) is 1. The van der Waals surface area contributed by atoms with Crippen molar-refractivity contribution in [1.82, 2.24) is 4.90 Å². The van der Waals surface area contributed by atoms with Crippen LogP contribution in [-0.4, -0.2) is 28.5 Å². The summed E-state index contributed by atoms with van der Waals surface area (Å²) in [6, 6.07) is -0.0534. The molecular formula is C11H19NO3. The molecule has 1 aliphatic rings. The lowest BCUT2D eigenvalue weighted by Gasteiger charge is -2.25. The molecule has 2 unspecified atom stereocenters. The average Bonchev–Trinajstić information content (AvgIpc) is 2.22. The smallest absolute Gasteiger partial charge is 0.417 e. The Morgan fingerprint density at radius 2 is 1.93 bits per heavy atom. The van der Waals surface area contributed by atoms with Crippen molar-refractivity contribution >= 4 is 12.0 Å². The Morgan fingerprint density at radius 3 is 2.27 bits per heavy atom. The number of amides is 2. The standard InChI is InChI=1S/C11H19NO3/c1-7-6-8(2)12(9(7)13)10(14)15-11(3,4)5/h7-8H,6H2,1-5H3. The minimum absolute atomic E-state index is 0.0534. The van der Waals surface area contributed by atoms with Gasteiger partial charge in [0.15, 0.2) is 0 Å². The van der Waals surface area contributed by atoms with Crippen LogP contribution in [0.1, 0.15) is 41.0 Å². The molecule has 2 amide bonds. The van der Waals surface area contributed by atoms with E-state index in [1.165, 1.54) is 4.90 Å². The van der Waals surface area contributed by atoms with Crippen molar-refractivity contribution in [3.05, 3.63) is 0 Å². The first-order valence-electron chi connectivity index (χ1n) is 5.28. The van der Waals surface area contributed by atoms with Crippen molar-refractivity contribution in [2.45, 2.75) is 52.7 Å². The molecule has 86 valence electrons. The lowest BCUT2D eigenvalue weighted by Crippen LogP contribution is -2.41. The number of imide groups is 1. The van der Waals surface area contributed by atoms with Crippen molar-refractivity contribution in [2.24, 2.45) is 5.92 Å². The zero-order valence-electron chi connectivity index (χ0n) is 10.0. The molecular weight excluding hydrogens is 194 g/mol. The molecule has 0 aromatic carbocycles. The second-order valence-electron chi connectivity index (χ2n) is 5.17. The monoisotopic (exact) mass is 213 g/mol. The van der Waals surface area contributed by atoms with Crippen LogP contribution >= 0.6 is 0 Å². The van der Waals surface area contributed by atoms with Gasteiger partial charge in [0.1, 0.15) is 5.60 Å². The van der Waals surface area contributed by atoms with Crippen LogP contribution in [0.4, 0.5) is 4.79 Å². The Hall–Kier alpha value is -1.06. The largest absolute Gasteiger partial charge is 0.443 e. The number of ether oxygens (including phenoxy) is 1. The molecule has 0 aromatic heterocycles. The molecule has 2 atom stereocenters. The first-order valence-corrected chi connectivity index (χ1v) is 5.28. The highest BCUT2D eigenvalue weighted by Gasteiger charge is 2.40. The van der Waals surface area contributed by atoms with Crippen LogP contribution in [0.15, 0.2) is 0 Å². The van der Waals surface area contributed by atoms with E-state index in [0.717, 1.165) is 6.42 Å². The Morgan fingerprint density at radius 1 is 1.40 bits per heavy atom. The fourth-order valence-corrected chi connectivity index (χ4v) is 1.75. The van der Waals surface area contributed by atoms with Gasteiger partial charge in [-0.1, -0.05) is 6.92 Å². The third-order valence-electron chi connectivity index (χ3n) is 2.38. The molecule has 1 aliphatic heterocycles. The first-order chi connectivity index (χ1) is 6.72. The predicted molar refractivity (Wildman–Crippen MR) is 56.3 cm³/mol. The molecule has 15 heavy (non-hydrogen) atoms. The van der Waals surface area contributed by atoms with E-state index in [0.29, 0.717) is 0 Å². The van der Waals surface area contributed by atoms with E-state index in [9.17, 15) is 9.59 Å². The van der Waals surface area contributed by atoms with Gasteiger partial charge in [-0.25, -0.2) is 9.69 Å². The molecule has 0 radical (unpaired) electrons. The lowest BCUT2D eigenvalue weighted by atomic mass is 10.1. The van der Waals surface area contributed by atoms with Gasteiger partial charge in [-0.2, -0.15) is 0 Å². The number of rotatable bonds is 0. The minimum Gasteiger partial charge on any atom is -0.443 e. The summed E-state index contributed by atoms with van der Waals surface area (Å²) in [4.78, 5) is 24.6. The van der Waals surface area contributed by atoms with Crippen LogP contribution in [0.25, 0.3) is 0 Å². The van der Waals surface area contributed by atoms with Gasteiger partial charge < -0.3 is 4.74 Å². The third-order valence-corrected chi connectivity index (χ3v) is 2.38. The van der Waals surface area contributed by atoms with Crippen molar-refractivity contribution in [3.8, 4) is 0 Å². The van der Waals surface area contributed by atoms with Crippen molar-refractivity contribution in [1.29, 1.82) is 0 Å². The predicted octanol–water partition coefficient (Wildman–Crippen LogP) is 2.18. The van der Waals surface area contributed by atoms with Crippen molar-refractivity contribution in [2.75, 3.05) is 0 Å². The molecule has 1 saturated heterocycles. The van der Waals surface area contributed by atoms with Gasteiger partial charge in [0, 0.05) is 12.0 Å². The maximum Gasteiger partial charge on any atom is 0.417 e. The molecule has 1 fully saturated rings. The minimum atomic E-state index is -0.553. The summed E-state index contributed by atoms with van der Waals surface area (Å²) in [6.07, 6.45) is 0.197.